The minimum atomic E-state index is -2.55. The van der Waals surface area contributed by atoms with Crippen LogP contribution in [0.3, 0.4) is 0 Å². The predicted octanol–water partition coefficient (Wildman–Crippen LogP) is 6.06. The summed E-state index contributed by atoms with van der Waals surface area (Å²) in [5.41, 5.74) is -0.624. The average molecular weight is 474 g/mol. The number of amides is 1. The average Bonchev–Trinajstić information content (AvgIpc) is 3.23. The van der Waals surface area contributed by atoms with Crippen LogP contribution in [0.15, 0.2) is 0 Å². The third kappa shape index (κ3) is 10.7. The van der Waals surface area contributed by atoms with Crippen LogP contribution in [0.1, 0.15) is 97.8 Å². The van der Waals surface area contributed by atoms with Gasteiger partial charge in [0.25, 0.3) is 0 Å². The highest BCUT2D eigenvalue weighted by Gasteiger charge is 2.28. The Kier molecular flexibility index (Phi) is 11.5. The van der Waals surface area contributed by atoms with Gasteiger partial charge in [0.15, 0.2) is 8.03 Å². The molecule has 2 aliphatic rings. The van der Waals surface area contributed by atoms with Gasteiger partial charge < -0.3 is 14.0 Å². The Bertz CT molecular complexity index is 608. The third-order valence-electron chi connectivity index (χ3n) is 6.57. The summed E-state index contributed by atoms with van der Waals surface area (Å²) < 4.78 is 29.2. The van der Waals surface area contributed by atoms with Gasteiger partial charge in [0.2, 0.25) is 0 Å². The van der Waals surface area contributed by atoms with Gasteiger partial charge in [-0.1, -0.05) is 57.8 Å². The molecule has 1 N–H and O–H groups in total. The summed E-state index contributed by atoms with van der Waals surface area (Å²) in [4.78, 5) is 24.6. The number of hydrogen-bond acceptors (Lipinski definition) is 6. The van der Waals surface area contributed by atoms with Gasteiger partial charge in [0, 0.05) is 6.16 Å². The number of methoxy groups -OCH3 is 1. The smallest absolute Gasteiger partial charge is 0.409 e. The number of carbonyl (C=O) groups is 2. The van der Waals surface area contributed by atoms with E-state index >= 15 is 0 Å². The molecule has 186 valence electrons. The lowest BCUT2D eigenvalue weighted by Crippen LogP contribution is -2.41. The van der Waals surface area contributed by atoms with Crippen LogP contribution in [0.5, 0.6) is 0 Å². The molecule has 0 spiro atoms. The van der Waals surface area contributed by atoms with E-state index in [0.29, 0.717) is 24.7 Å². The first-order valence-electron chi connectivity index (χ1n) is 12.4. The molecule has 2 rings (SSSR count). The van der Waals surface area contributed by atoms with Gasteiger partial charge in [-0.25, -0.2) is 4.79 Å². The standard InChI is InChI=1S/C24H44NO6P/c1-24(2,3)30-23(27)25-21(16-19-12-6-5-7-13-19)31-32(28)17-20(22(26)29-4)15-14-18-10-8-9-11-18/h18-21,32H,5-17H2,1-4H3,(H,25,27). The first-order valence-corrected chi connectivity index (χ1v) is 14.0. The van der Waals surface area contributed by atoms with Crippen molar-refractivity contribution >= 4 is 20.1 Å². The van der Waals surface area contributed by atoms with Crippen LogP contribution in [-0.2, 0) is 23.4 Å². The molecule has 3 unspecified atom stereocenters. The Morgan fingerprint density at radius 3 is 2.19 bits per heavy atom. The topological polar surface area (TPSA) is 90.9 Å². The second-order valence-corrected chi connectivity index (χ2v) is 11.9. The summed E-state index contributed by atoms with van der Waals surface area (Å²) in [5.74, 6) is 0.327. The number of rotatable bonds is 11. The molecule has 32 heavy (non-hydrogen) atoms. The molecule has 2 saturated carbocycles. The zero-order chi connectivity index (χ0) is 23.6. The molecule has 0 aromatic rings. The summed E-state index contributed by atoms with van der Waals surface area (Å²) in [6.07, 6.45) is 11.8. The normalized spacial score (nSPS) is 21.0. The van der Waals surface area contributed by atoms with Crippen molar-refractivity contribution in [3.63, 3.8) is 0 Å². The van der Waals surface area contributed by atoms with Crippen LogP contribution in [-0.4, -0.2) is 37.2 Å². The van der Waals surface area contributed by atoms with Gasteiger partial charge in [-0.05, 0) is 51.9 Å². The van der Waals surface area contributed by atoms with Crippen molar-refractivity contribution in [2.45, 2.75) is 110 Å². The molecular formula is C24H44NO6P. The Labute approximate surface area is 194 Å². The second-order valence-electron chi connectivity index (χ2n) is 10.5. The summed E-state index contributed by atoms with van der Waals surface area (Å²) in [7, 11) is -1.17. The molecule has 1 amide bonds. The largest absolute Gasteiger partial charge is 0.469 e. The SMILES string of the molecule is COC(=O)C(CCC1CCCC1)C[PH](=O)OC(CC1CCCCC1)NC(=O)OC(C)(C)C. The van der Waals surface area contributed by atoms with Gasteiger partial charge in [0.05, 0.1) is 13.0 Å². The molecular weight excluding hydrogens is 429 g/mol. The van der Waals surface area contributed by atoms with E-state index in [1.165, 1.54) is 52.1 Å². The number of carbonyl (C=O) groups excluding carboxylic acids is 2. The van der Waals surface area contributed by atoms with Gasteiger partial charge in [0.1, 0.15) is 11.8 Å². The van der Waals surface area contributed by atoms with Crippen molar-refractivity contribution in [2.24, 2.45) is 17.8 Å². The zero-order valence-corrected chi connectivity index (χ0v) is 21.5. The van der Waals surface area contributed by atoms with Crippen LogP contribution in [0, 0.1) is 17.8 Å². The van der Waals surface area contributed by atoms with Crippen LogP contribution in [0.2, 0.25) is 0 Å². The molecule has 0 aromatic heterocycles. The van der Waals surface area contributed by atoms with Crippen LogP contribution in [0.25, 0.3) is 0 Å². The van der Waals surface area contributed by atoms with E-state index in [9.17, 15) is 14.2 Å². The van der Waals surface area contributed by atoms with E-state index in [2.05, 4.69) is 5.32 Å². The van der Waals surface area contributed by atoms with Crippen LogP contribution in [0.4, 0.5) is 4.79 Å². The van der Waals surface area contributed by atoms with E-state index in [4.69, 9.17) is 14.0 Å². The Morgan fingerprint density at radius 2 is 1.59 bits per heavy atom. The van der Waals surface area contributed by atoms with Crippen molar-refractivity contribution in [2.75, 3.05) is 13.3 Å². The molecule has 0 aromatic carbocycles. The molecule has 7 nitrogen and oxygen atoms in total. The van der Waals surface area contributed by atoms with Crippen LogP contribution >= 0.6 is 8.03 Å². The second kappa shape index (κ2) is 13.6. The van der Waals surface area contributed by atoms with Crippen molar-refractivity contribution in [1.82, 2.24) is 5.32 Å². The molecule has 0 radical (unpaired) electrons. The quantitative estimate of drug-likeness (QED) is 0.223. The van der Waals surface area contributed by atoms with Crippen molar-refractivity contribution in [3.05, 3.63) is 0 Å². The fraction of sp³-hybridized carbons (Fsp3) is 0.917. The number of ether oxygens (including phenoxy) is 2. The maximum Gasteiger partial charge on any atom is 0.409 e. The highest BCUT2D eigenvalue weighted by atomic mass is 31.1. The lowest BCUT2D eigenvalue weighted by molar-refractivity contribution is -0.145. The van der Waals surface area contributed by atoms with Crippen LogP contribution < -0.4 is 5.32 Å². The van der Waals surface area contributed by atoms with E-state index in [1.54, 1.807) is 20.8 Å². The summed E-state index contributed by atoms with van der Waals surface area (Å²) in [6, 6.07) is 0. The summed E-state index contributed by atoms with van der Waals surface area (Å²) >= 11 is 0. The van der Waals surface area contributed by atoms with Crippen molar-refractivity contribution < 1.29 is 28.2 Å². The van der Waals surface area contributed by atoms with Gasteiger partial charge >= 0.3 is 12.1 Å². The van der Waals surface area contributed by atoms with Gasteiger partial charge in [-0.2, -0.15) is 0 Å². The van der Waals surface area contributed by atoms with E-state index in [1.807, 2.05) is 0 Å². The minimum absolute atomic E-state index is 0.154. The van der Waals surface area contributed by atoms with Gasteiger partial charge in [-0.15, -0.1) is 0 Å². The van der Waals surface area contributed by atoms with Gasteiger partial charge in [-0.3, -0.25) is 14.7 Å². The lowest BCUT2D eigenvalue weighted by atomic mass is 9.86. The minimum Gasteiger partial charge on any atom is -0.469 e. The Morgan fingerprint density at radius 1 is 1.00 bits per heavy atom. The molecule has 8 heteroatoms. The summed E-state index contributed by atoms with van der Waals surface area (Å²) in [5, 5.41) is 2.77. The first-order chi connectivity index (χ1) is 15.2. The Balaban J connectivity index is 1.94. The fourth-order valence-electron chi connectivity index (χ4n) is 4.91. The maximum atomic E-state index is 13.0. The number of esters is 1. The number of hydrogen-bond donors (Lipinski definition) is 1. The number of nitrogens with one attached hydrogen (secondary N) is 1. The molecule has 0 bridgehead atoms. The predicted molar refractivity (Wildman–Crippen MR) is 126 cm³/mol. The molecule has 0 aliphatic heterocycles. The third-order valence-corrected chi connectivity index (χ3v) is 7.94. The van der Waals surface area contributed by atoms with E-state index in [-0.39, 0.29) is 12.1 Å². The number of alkyl carbamates (subject to hydrolysis) is 1. The highest BCUT2D eigenvalue weighted by Crippen LogP contribution is 2.36. The molecule has 0 heterocycles. The molecule has 0 saturated heterocycles. The Hall–Kier alpha value is -1.07. The first kappa shape index (κ1) is 27.2. The van der Waals surface area contributed by atoms with Crippen molar-refractivity contribution in [1.29, 1.82) is 0 Å². The molecule has 2 aliphatic carbocycles. The fourth-order valence-corrected chi connectivity index (χ4v) is 6.26. The monoisotopic (exact) mass is 473 g/mol. The molecule has 2 fully saturated rings. The zero-order valence-electron chi connectivity index (χ0n) is 20.5. The lowest BCUT2D eigenvalue weighted by Gasteiger charge is -2.28. The summed E-state index contributed by atoms with van der Waals surface area (Å²) in [6.45, 7) is 5.41. The van der Waals surface area contributed by atoms with Crippen molar-refractivity contribution in [3.8, 4) is 0 Å². The molecule has 3 atom stereocenters. The van der Waals surface area contributed by atoms with E-state index < -0.39 is 31.9 Å². The maximum absolute atomic E-state index is 13.0. The highest BCUT2D eigenvalue weighted by molar-refractivity contribution is 7.39. The van der Waals surface area contributed by atoms with E-state index in [0.717, 1.165) is 19.3 Å².